The monoisotopic (exact) mass is 404 g/mol. The highest BCUT2D eigenvalue weighted by molar-refractivity contribution is 5.94. The molecular formula is C21H19F3N2O3. The summed E-state index contributed by atoms with van der Waals surface area (Å²) >= 11 is 0. The zero-order valence-electron chi connectivity index (χ0n) is 15.6. The minimum atomic E-state index is -4.56. The standard InChI is InChI=1S/C21H19F3N2O3/c1-25-19-7-3-14(12-17(19)20(27)28)2-4-15-5-6-16(13-18(15)21(22,23)24)26-8-10-29-11-9-26/h3,5-7,12-13,25H,8-11H2,1H3,(H,27,28). The van der Waals surface area contributed by atoms with Crippen LogP contribution in [-0.4, -0.2) is 44.4 Å². The number of nitrogens with one attached hydrogen (secondary N) is 1. The van der Waals surface area contributed by atoms with Crippen molar-refractivity contribution in [3.63, 3.8) is 0 Å². The number of hydrogen-bond donors (Lipinski definition) is 2. The SMILES string of the molecule is CNc1ccc(C#Cc2ccc(N3CCOCC3)cc2C(F)(F)F)cc1C(=O)O. The zero-order chi connectivity index (χ0) is 21.0. The van der Waals surface area contributed by atoms with Crippen molar-refractivity contribution in [2.45, 2.75) is 6.18 Å². The van der Waals surface area contributed by atoms with Gasteiger partial charge in [0.1, 0.15) is 0 Å². The van der Waals surface area contributed by atoms with E-state index in [1.165, 1.54) is 18.2 Å². The van der Waals surface area contributed by atoms with Gasteiger partial charge in [-0.05, 0) is 36.4 Å². The van der Waals surface area contributed by atoms with Crippen molar-refractivity contribution in [2.24, 2.45) is 0 Å². The van der Waals surface area contributed by atoms with E-state index in [9.17, 15) is 23.1 Å². The molecule has 2 aromatic rings. The Morgan fingerprint density at radius 3 is 2.48 bits per heavy atom. The van der Waals surface area contributed by atoms with Gasteiger partial charge in [0, 0.05) is 42.6 Å². The van der Waals surface area contributed by atoms with E-state index in [1.54, 1.807) is 19.2 Å². The molecule has 3 rings (SSSR count). The second kappa shape index (κ2) is 8.45. The van der Waals surface area contributed by atoms with Gasteiger partial charge < -0.3 is 20.1 Å². The molecule has 2 aromatic carbocycles. The molecular weight excluding hydrogens is 385 g/mol. The van der Waals surface area contributed by atoms with Crippen LogP contribution in [-0.2, 0) is 10.9 Å². The Labute approximate surface area is 166 Å². The summed E-state index contributed by atoms with van der Waals surface area (Å²) in [5.41, 5.74) is 0.194. The third kappa shape index (κ3) is 4.81. The van der Waals surface area contributed by atoms with Crippen LogP contribution in [0.15, 0.2) is 36.4 Å². The lowest BCUT2D eigenvalue weighted by molar-refractivity contribution is -0.137. The summed E-state index contributed by atoms with van der Waals surface area (Å²) in [7, 11) is 1.58. The summed E-state index contributed by atoms with van der Waals surface area (Å²) in [6.07, 6.45) is -4.56. The lowest BCUT2D eigenvalue weighted by Crippen LogP contribution is -2.36. The van der Waals surface area contributed by atoms with Crippen LogP contribution in [0.3, 0.4) is 0 Å². The number of rotatable bonds is 3. The van der Waals surface area contributed by atoms with E-state index in [0.29, 0.717) is 43.2 Å². The Morgan fingerprint density at radius 2 is 1.86 bits per heavy atom. The Hall–Kier alpha value is -3.18. The molecule has 8 heteroatoms. The average Bonchev–Trinajstić information content (AvgIpc) is 2.71. The third-order valence-electron chi connectivity index (χ3n) is 4.55. The number of benzene rings is 2. The first-order chi connectivity index (χ1) is 13.8. The molecule has 0 radical (unpaired) electrons. The molecule has 1 heterocycles. The predicted octanol–water partition coefficient (Wildman–Crippen LogP) is 3.68. The summed E-state index contributed by atoms with van der Waals surface area (Å²) in [5, 5.41) is 12.0. The minimum absolute atomic E-state index is 0.00184. The zero-order valence-corrected chi connectivity index (χ0v) is 15.6. The number of carbonyl (C=O) groups is 1. The molecule has 0 aromatic heterocycles. The maximum absolute atomic E-state index is 13.6. The van der Waals surface area contributed by atoms with Gasteiger partial charge >= 0.3 is 12.1 Å². The number of aromatic carboxylic acids is 1. The number of carboxylic acids is 1. The van der Waals surface area contributed by atoms with Crippen LogP contribution in [0, 0.1) is 11.8 Å². The summed E-state index contributed by atoms with van der Waals surface area (Å²) < 4.78 is 46.0. The molecule has 1 saturated heterocycles. The number of halogens is 3. The summed E-state index contributed by atoms with van der Waals surface area (Å²) in [6.45, 7) is 1.99. The van der Waals surface area contributed by atoms with Gasteiger partial charge in [-0.2, -0.15) is 13.2 Å². The molecule has 1 fully saturated rings. The van der Waals surface area contributed by atoms with E-state index in [-0.39, 0.29) is 11.1 Å². The number of ether oxygens (including phenoxy) is 1. The number of anilines is 2. The maximum atomic E-state index is 13.6. The number of carboxylic acid groups (broad SMARTS) is 1. The molecule has 0 aliphatic carbocycles. The highest BCUT2D eigenvalue weighted by Crippen LogP contribution is 2.34. The van der Waals surface area contributed by atoms with E-state index < -0.39 is 17.7 Å². The highest BCUT2D eigenvalue weighted by atomic mass is 19.4. The van der Waals surface area contributed by atoms with Crippen LogP contribution in [0.5, 0.6) is 0 Å². The Morgan fingerprint density at radius 1 is 1.14 bits per heavy atom. The number of alkyl halides is 3. The van der Waals surface area contributed by atoms with Gasteiger partial charge in [-0.15, -0.1) is 0 Å². The van der Waals surface area contributed by atoms with E-state index in [0.717, 1.165) is 6.07 Å². The first-order valence-corrected chi connectivity index (χ1v) is 8.90. The molecule has 1 aliphatic rings. The van der Waals surface area contributed by atoms with Crippen LogP contribution in [0.4, 0.5) is 24.5 Å². The van der Waals surface area contributed by atoms with E-state index in [4.69, 9.17) is 4.74 Å². The fourth-order valence-corrected chi connectivity index (χ4v) is 3.05. The first-order valence-electron chi connectivity index (χ1n) is 8.90. The van der Waals surface area contributed by atoms with Crippen molar-refractivity contribution in [1.29, 1.82) is 0 Å². The smallest absolute Gasteiger partial charge is 0.417 e. The number of nitrogens with zero attached hydrogens (tertiary/aromatic N) is 1. The molecule has 5 nitrogen and oxygen atoms in total. The Balaban J connectivity index is 1.97. The van der Waals surface area contributed by atoms with Crippen LogP contribution < -0.4 is 10.2 Å². The van der Waals surface area contributed by atoms with Crippen molar-refractivity contribution in [1.82, 2.24) is 0 Å². The molecule has 2 N–H and O–H groups in total. The predicted molar refractivity (Wildman–Crippen MR) is 103 cm³/mol. The highest BCUT2D eigenvalue weighted by Gasteiger charge is 2.34. The topological polar surface area (TPSA) is 61.8 Å². The quantitative estimate of drug-likeness (QED) is 0.765. The van der Waals surface area contributed by atoms with Crippen molar-refractivity contribution >= 4 is 17.3 Å². The van der Waals surface area contributed by atoms with Crippen molar-refractivity contribution < 1.29 is 27.8 Å². The minimum Gasteiger partial charge on any atom is -0.478 e. The summed E-state index contributed by atoms with van der Waals surface area (Å²) in [5.74, 6) is 4.04. The van der Waals surface area contributed by atoms with Gasteiger partial charge in [0.2, 0.25) is 0 Å². The van der Waals surface area contributed by atoms with Gasteiger partial charge in [0.25, 0.3) is 0 Å². The molecule has 0 bridgehead atoms. The van der Waals surface area contributed by atoms with Gasteiger partial charge in [-0.25, -0.2) is 4.79 Å². The van der Waals surface area contributed by atoms with Gasteiger partial charge in [0.15, 0.2) is 0 Å². The number of morpholine rings is 1. The molecule has 29 heavy (non-hydrogen) atoms. The maximum Gasteiger partial charge on any atom is 0.417 e. The second-order valence-electron chi connectivity index (χ2n) is 6.39. The number of hydrogen-bond acceptors (Lipinski definition) is 4. The molecule has 0 amide bonds. The van der Waals surface area contributed by atoms with Crippen molar-refractivity contribution in [2.75, 3.05) is 43.6 Å². The van der Waals surface area contributed by atoms with E-state index in [2.05, 4.69) is 17.2 Å². The average molecular weight is 404 g/mol. The Kier molecular flexibility index (Phi) is 5.99. The van der Waals surface area contributed by atoms with E-state index in [1.807, 2.05) is 4.90 Å². The normalized spacial score (nSPS) is 14.1. The second-order valence-corrected chi connectivity index (χ2v) is 6.39. The van der Waals surface area contributed by atoms with Crippen LogP contribution in [0.1, 0.15) is 27.0 Å². The lowest BCUT2D eigenvalue weighted by atomic mass is 10.0. The fourth-order valence-electron chi connectivity index (χ4n) is 3.05. The molecule has 0 unspecified atom stereocenters. The molecule has 0 atom stereocenters. The Bertz CT molecular complexity index is 971. The first kappa shape index (κ1) is 20.6. The summed E-state index contributed by atoms with van der Waals surface area (Å²) in [6, 6.07) is 8.47. The largest absolute Gasteiger partial charge is 0.478 e. The molecule has 1 aliphatic heterocycles. The van der Waals surface area contributed by atoms with Crippen LogP contribution in [0.25, 0.3) is 0 Å². The van der Waals surface area contributed by atoms with E-state index >= 15 is 0 Å². The molecule has 0 spiro atoms. The van der Waals surface area contributed by atoms with Crippen LogP contribution in [0.2, 0.25) is 0 Å². The fraction of sp³-hybridized carbons (Fsp3) is 0.286. The lowest BCUT2D eigenvalue weighted by Gasteiger charge is -2.29. The van der Waals surface area contributed by atoms with Crippen molar-refractivity contribution in [3.05, 3.63) is 58.7 Å². The van der Waals surface area contributed by atoms with Gasteiger partial charge in [-0.3, -0.25) is 0 Å². The van der Waals surface area contributed by atoms with Crippen LogP contribution >= 0.6 is 0 Å². The van der Waals surface area contributed by atoms with Gasteiger partial charge in [-0.1, -0.05) is 11.8 Å². The summed E-state index contributed by atoms with van der Waals surface area (Å²) in [4.78, 5) is 13.2. The van der Waals surface area contributed by atoms with Gasteiger partial charge in [0.05, 0.1) is 24.3 Å². The molecule has 0 saturated carbocycles. The molecule has 152 valence electrons. The third-order valence-corrected chi connectivity index (χ3v) is 4.55. The van der Waals surface area contributed by atoms with Crippen molar-refractivity contribution in [3.8, 4) is 11.8 Å².